The molecule has 0 rings (SSSR count). The smallest absolute Gasteiger partial charge is 0.332 e. The van der Waals surface area contributed by atoms with E-state index in [0.717, 1.165) is 12.5 Å². The summed E-state index contributed by atoms with van der Waals surface area (Å²) in [5.41, 5.74) is 0.429. The van der Waals surface area contributed by atoms with E-state index >= 15 is 0 Å². The molecule has 0 bridgehead atoms. The lowest BCUT2D eigenvalue weighted by atomic mass is 10.4. The van der Waals surface area contributed by atoms with Crippen LogP contribution in [-0.2, 0) is 9.53 Å². The molecule has 1 unspecified atom stereocenters. The number of carbonyl (C=O) groups is 1. The van der Waals surface area contributed by atoms with Crippen molar-refractivity contribution in [2.75, 3.05) is 6.23 Å². The average molecular weight is 221 g/mol. The van der Waals surface area contributed by atoms with Crippen molar-refractivity contribution in [3.63, 3.8) is 0 Å². The normalized spacial score (nSPS) is 14.8. The molecular formula is C9H17ClO2Si. The fourth-order valence-corrected chi connectivity index (χ4v) is 3.28. The molecule has 0 amide bonds. The Kier molecular flexibility index (Phi) is 5.33. The Morgan fingerprint density at radius 2 is 2.15 bits per heavy atom. The quantitative estimate of drug-likeness (QED) is 0.308. The van der Waals surface area contributed by atoms with E-state index in [-0.39, 0.29) is 5.97 Å². The molecule has 0 aromatic carbocycles. The lowest BCUT2D eigenvalue weighted by Crippen LogP contribution is -2.31. The van der Waals surface area contributed by atoms with Crippen molar-refractivity contribution in [3.05, 3.63) is 12.2 Å². The SMILES string of the molecule is C=C(C)C(=O)OC[Si](C)(Cl)CCC. The average Bonchev–Trinajstić information content (AvgIpc) is 2.00. The zero-order valence-electron chi connectivity index (χ0n) is 8.52. The van der Waals surface area contributed by atoms with Gasteiger partial charge in [-0.3, -0.25) is 0 Å². The van der Waals surface area contributed by atoms with Crippen molar-refractivity contribution >= 4 is 24.4 Å². The van der Waals surface area contributed by atoms with E-state index in [2.05, 4.69) is 13.5 Å². The lowest BCUT2D eigenvalue weighted by Gasteiger charge is -2.17. The number of hydrogen-bond acceptors (Lipinski definition) is 2. The molecule has 0 aliphatic carbocycles. The van der Waals surface area contributed by atoms with Gasteiger partial charge >= 0.3 is 5.97 Å². The summed E-state index contributed by atoms with van der Waals surface area (Å²) in [5, 5.41) is 0. The molecule has 0 N–H and O–H groups in total. The number of carbonyl (C=O) groups excluding carboxylic acids is 1. The van der Waals surface area contributed by atoms with Gasteiger partial charge < -0.3 is 4.74 Å². The number of rotatable bonds is 5. The summed E-state index contributed by atoms with van der Waals surface area (Å²) in [5.74, 6) is -0.338. The van der Waals surface area contributed by atoms with Crippen LogP contribution < -0.4 is 0 Å². The fourth-order valence-electron chi connectivity index (χ4n) is 0.933. The van der Waals surface area contributed by atoms with Crippen molar-refractivity contribution in [1.29, 1.82) is 0 Å². The van der Waals surface area contributed by atoms with Gasteiger partial charge in [0, 0.05) is 5.57 Å². The largest absolute Gasteiger partial charge is 0.465 e. The maximum atomic E-state index is 11.0. The summed E-state index contributed by atoms with van der Waals surface area (Å²) in [6.07, 6.45) is 1.42. The second-order valence-corrected chi connectivity index (χ2v) is 9.87. The molecule has 0 aliphatic rings. The number of ether oxygens (including phenoxy) is 1. The van der Waals surface area contributed by atoms with Crippen LogP contribution in [0, 0.1) is 0 Å². The van der Waals surface area contributed by atoms with Gasteiger partial charge in [-0.25, -0.2) is 4.79 Å². The van der Waals surface area contributed by atoms with Crippen molar-refractivity contribution in [2.24, 2.45) is 0 Å². The summed E-state index contributed by atoms with van der Waals surface area (Å²) < 4.78 is 5.01. The molecule has 0 fully saturated rings. The molecule has 1 atom stereocenters. The lowest BCUT2D eigenvalue weighted by molar-refractivity contribution is -0.137. The minimum absolute atomic E-state index is 0.338. The zero-order chi connectivity index (χ0) is 10.5. The third kappa shape index (κ3) is 5.88. The maximum Gasteiger partial charge on any atom is 0.332 e. The predicted octanol–water partition coefficient (Wildman–Crippen LogP) is 2.87. The molecular weight excluding hydrogens is 204 g/mol. The first-order chi connectivity index (χ1) is 5.89. The Bertz CT molecular complexity index is 202. The highest BCUT2D eigenvalue weighted by Crippen LogP contribution is 2.17. The Balaban J connectivity index is 3.87. The van der Waals surface area contributed by atoms with Crippen molar-refractivity contribution < 1.29 is 9.53 Å². The van der Waals surface area contributed by atoms with E-state index in [0.29, 0.717) is 11.8 Å². The molecule has 0 saturated carbocycles. The molecule has 0 radical (unpaired) electrons. The Morgan fingerprint density at radius 3 is 2.54 bits per heavy atom. The summed E-state index contributed by atoms with van der Waals surface area (Å²) in [7, 11) is -1.82. The summed E-state index contributed by atoms with van der Waals surface area (Å²) in [6, 6.07) is 0.970. The van der Waals surface area contributed by atoms with Crippen LogP contribution in [0.2, 0.25) is 12.6 Å². The second-order valence-electron chi connectivity index (χ2n) is 3.52. The third-order valence-corrected chi connectivity index (χ3v) is 4.81. The molecule has 0 aromatic rings. The molecule has 4 heteroatoms. The monoisotopic (exact) mass is 220 g/mol. The van der Waals surface area contributed by atoms with E-state index in [1.165, 1.54) is 0 Å². The summed E-state index contributed by atoms with van der Waals surface area (Å²) >= 11 is 6.22. The van der Waals surface area contributed by atoms with Gasteiger partial charge in [0.1, 0.15) is 0 Å². The number of halogens is 1. The van der Waals surface area contributed by atoms with Crippen LogP contribution in [0.3, 0.4) is 0 Å². The number of hydrogen-bond donors (Lipinski definition) is 0. The van der Waals surface area contributed by atoms with Crippen molar-refractivity contribution in [3.8, 4) is 0 Å². The van der Waals surface area contributed by atoms with Crippen LogP contribution in [0.1, 0.15) is 20.3 Å². The van der Waals surface area contributed by atoms with Crippen LogP contribution >= 0.6 is 11.1 Å². The van der Waals surface area contributed by atoms with Crippen molar-refractivity contribution in [2.45, 2.75) is 32.9 Å². The summed E-state index contributed by atoms with van der Waals surface area (Å²) in [6.45, 7) is 9.22. The van der Waals surface area contributed by atoms with Crippen LogP contribution in [-0.4, -0.2) is 19.6 Å². The van der Waals surface area contributed by atoms with E-state index < -0.39 is 7.38 Å². The molecule has 0 aromatic heterocycles. The first-order valence-corrected chi connectivity index (χ1v) is 8.33. The van der Waals surface area contributed by atoms with E-state index in [9.17, 15) is 4.79 Å². The highest BCUT2D eigenvalue weighted by Gasteiger charge is 2.25. The van der Waals surface area contributed by atoms with Gasteiger partial charge in [0.25, 0.3) is 0 Å². The molecule has 13 heavy (non-hydrogen) atoms. The van der Waals surface area contributed by atoms with Gasteiger partial charge in [0.05, 0.1) is 6.23 Å². The Labute approximate surface area is 85.6 Å². The number of esters is 1. The summed E-state index contributed by atoms with van der Waals surface area (Å²) in [4.78, 5) is 11.0. The second kappa shape index (κ2) is 5.45. The minimum atomic E-state index is -1.82. The molecule has 0 heterocycles. The molecule has 0 saturated heterocycles. The third-order valence-electron chi connectivity index (χ3n) is 1.62. The maximum absolute atomic E-state index is 11.0. The van der Waals surface area contributed by atoms with Crippen LogP contribution in [0.5, 0.6) is 0 Å². The Morgan fingerprint density at radius 1 is 1.62 bits per heavy atom. The van der Waals surface area contributed by atoms with Crippen LogP contribution in [0.25, 0.3) is 0 Å². The van der Waals surface area contributed by atoms with Gasteiger partial charge in [-0.2, -0.15) is 11.1 Å². The van der Waals surface area contributed by atoms with Gasteiger partial charge in [-0.15, -0.1) is 0 Å². The van der Waals surface area contributed by atoms with Gasteiger partial charge in [-0.1, -0.05) is 26.5 Å². The zero-order valence-corrected chi connectivity index (χ0v) is 10.3. The van der Waals surface area contributed by atoms with E-state index in [1.807, 2.05) is 6.55 Å². The topological polar surface area (TPSA) is 26.3 Å². The Hall–Kier alpha value is -0.283. The van der Waals surface area contributed by atoms with Gasteiger partial charge in [0.15, 0.2) is 7.38 Å². The van der Waals surface area contributed by atoms with Crippen molar-refractivity contribution in [1.82, 2.24) is 0 Å². The molecule has 0 aliphatic heterocycles. The van der Waals surface area contributed by atoms with Crippen LogP contribution in [0.4, 0.5) is 0 Å². The highest BCUT2D eigenvalue weighted by atomic mass is 35.6. The standard InChI is InChI=1S/C9H17ClO2Si/c1-5-6-13(4,10)7-12-9(11)8(2)3/h2,5-7H2,1,3-4H3. The molecule has 76 valence electrons. The molecule has 0 spiro atoms. The predicted molar refractivity (Wildman–Crippen MR) is 58.3 cm³/mol. The highest BCUT2D eigenvalue weighted by molar-refractivity contribution is 7.19. The fraction of sp³-hybridized carbons (Fsp3) is 0.667. The minimum Gasteiger partial charge on any atom is -0.465 e. The van der Waals surface area contributed by atoms with E-state index in [1.54, 1.807) is 6.92 Å². The molecule has 2 nitrogen and oxygen atoms in total. The first-order valence-electron chi connectivity index (χ1n) is 4.40. The van der Waals surface area contributed by atoms with Gasteiger partial charge in [-0.05, 0) is 13.0 Å². The van der Waals surface area contributed by atoms with E-state index in [4.69, 9.17) is 15.8 Å². The first kappa shape index (κ1) is 12.7. The van der Waals surface area contributed by atoms with Crippen LogP contribution in [0.15, 0.2) is 12.2 Å². The van der Waals surface area contributed by atoms with Gasteiger partial charge in [0.2, 0.25) is 0 Å².